The van der Waals surface area contributed by atoms with Gasteiger partial charge in [-0.2, -0.15) is 0 Å². The number of hydrogen-bond acceptors (Lipinski definition) is 2. The van der Waals surface area contributed by atoms with Gasteiger partial charge in [0, 0.05) is 6.04 Å². The van der Waals surface area contributed by atoms with Crippen molar-refractivity contribution in [3.05, 3.63) is 12.7 Å². The Bertz CT molecular complexity index is 264. The second kappa shape index (κ2) is 4.25. The first-order valence-corrected chi connectivity index (χ1v) is 5.87. The summed E-state index contributed by atoms with van der Waals surface area (Å²) in [4.78, 5) is 13.6. The number of fused-ring (bicyclic) bond motifs is 1. The fraction of sp³-hybridized carbons (Fsp3) is 0.750. The highest BCUT2D eigenvalue weighted by Crippen LogP contribution is 2.36. The molecule has 2 rings (SSSR count). The Morgan fingerprint density at radius 2 is 2.40 bits per heavy atom. The third kappa shape index (κ3) is 1.75. The summed E-state index contributed by atoms with van der Waals surface area (Å²) in [6.45, 7) is 5.87. The van der Waals surface area contributed by atoms with Gasteiger partial charge in [-0.05, 0) is 25.7 Å². The van der Waals surface area contributed by atoms with Gasteiger partial charge in [0.15, 0.2) is 0 Å². The van der Waals surface area contributed by atoms with Crippen LogP contribution in [0.3, 0.4) is 0 Å². The molecule has 2 heterocycles. The molecule has 2 fully saturated rings. The third-order valence-electron chi connectivity index (χ3n) is 3.45. The molecule has 0 N–H and O–H groups in total. The number of cyclic esters (lactones) is 1. The molecule has 0 bridgehead atoms. The monoisotopic (exact) mass is 209 g/mol. The lowest BCUT2D eigenvalue weighted by molar-refractivity contribution is 0.119. The molecule has 0 aromatic carbocycles. The first-order chi connectivity index (χ1) is 7.27. The van der Waals surface area contributed by atoms with E-state index in [4.69, 9.17) is 4.74 Å². The van der Waals surface area contributed by atoms with Gasteiger partial charge < -0.3 is 4.74 Å². The average molecular weight is 209 g/mol. The summed E-state index contributed by atoms with van der Waals surface area (Å²) in [6, 6.07) is 0.671. The van der Waals surface area contributed by atoms with E-state index in [-0.39, 0.29) is 12.2 Å². The van der Waals surface area contributed by atoms with E-state index in [2.05, 4.69) is 13.5 Å². The van der Waals surface area contributed by atoms with Crippen LogP contribution < -0.4 is 0 Å². The molecule has 84 valence electrons. The second-order valence-corrected chi connectivity index (χ2v) is 4.44. The number of carbonyl (C=O) groups is 1. The molecule has 0 spiro atoms. The van der Waals surface area contributed by atoms with Gasteiger partial charge in [0.1, 0.15) is 6.10 Å². The zero-order valence-corrected chi connectivity index (χ0v) is 9.32. The highest BCUT2D eigenvalue weighted by Gasteiger charge is 2.47. The predicted molar refractivity (Wildman–Crippen MR) is 58.6 cm³/mol. The molecule has 2 aliphatic heterocycles. The molecule has 15 heavy (non-hydrogen) atoms. The number of ether oxygens (including phenoxy) is 1. The quantitative estimate of drug-likeness (QED) is 0.666. The molecule has 0 radical (unpaired) electrons. The molecule has 0 aliphatic carbocycles. The Morgan fingerprint density at radius 1 is 1.60 bits per heavy atom. The maximum Gasteiger partial charge on any atom is 0.410 e. The third-order valence-corrected chi connectivity index (χ3v) is 3.45. The lowest BCUT2D eigenvalue weighted by Gasteiger charge is -2.20. The van der Waals surface area contributed by atoms with Crippen LogP contribution in [0, 0.1) is 0 Å². The van der Waals surface area contributed by atoms with E-state index in [9.17, 15) is 4.79 Å². The van der Waals surface area contributed by atoms with Crippen LogP contribution in [0.2, 0.25) is 0 Å². The Labute approximate surface area is 91.1 Å². The smallest absolute Gasteiger partial charge is 0.410 e. The van der Waals surface area contributed by atoms with Crippen molar-refractivity contribution in [2.24, 2.45) is 0 Å². The predicted octanol–water partition coefficient (Wildman–Crippen LogP) is 2.71. The van der Waals surface area contributed by atoms with Crippen LogP contribution in [-0.2, 0) is 4.74 Å². The Hall–Kier alpha value is -0.990. The summed E-state index contributed by atoms with van der Waals surface area (Å²) >= 11 is 0. The molecule has 2 aliphatic rings. The number of amides is 1. The fourth-order valence-corrected chi connectivity index (χ4v) is 2.79. The summed E-state index contributed by atoms with van der Waals surface area (Å²) in [5.74, 6) is 0. The van der Waals surface area contributed by atoms with E-state index < -0.39 is 0 Å². The molecule has 0 unspecified atom stereocenters. The maximum absolute atomic E-state index is 11.7. The van der Waals surface area contributed by atoms with Gasteiger partial charge in [0.05, 0.1) is 6.04 Å². The highest BCUT2D eigenvalue weighted by molar-refractivity contribution is 5.71. The van der Waals surface area contributed by atoms with Crippen LogP contribution in [0.15, 0.2) is 12.7 Å². The Balaban J connectivity index is 2.06. The molecule has 2 saturated heterocycles. The van der Waals surface area contributed by atoms with Crippen LogP contribution in [0.5, 0.6) is 0 Å². The van der Waals surface area contributed by atoms with Crippen LogP contribution in [0.1, 0.15) is 39.0 Å². The van der Waals surface area contributed by atoms with E-state index >= 15 is 0 Å². The van der Waals surface area contributed by atoms with Crippen molar-refractivity contribution < 1.29 is 9.53 Å². The molecule has 3 nitrogen and oxygen atoms in total. The number of carbonyl (C=O) groups excluding carboxylic acids is 1. The fourth-order valence-electron chi connectivity index (χ4n) is 2.79. The van der Waals surface area contributed by atoms with Crippen molar-refractivity contribution in [1.29, 1.82) is 0 Å². The minimum atomic E-state index is -0.109. The summed E-state index contributed by atoms with van der Waals surface area (Å²) in [5, 5.41) is 0. The Kier molecular flexibility index (Phi) is 2.98. The van der Waals surface area contributed by atoms with E-state index in [1.807, 2.05) is 11.0 Å². The largest absolute Gasteiger partial charge is 0.444 e. The van der Waals surface area contributed by atoms with Crippen LogP contribution in [-0.4, -0.2) is 29.2 Å². The maximum atomic E-state index is 11.7. The van der Waals surface area contributed by atoms with Gasteiger partial charge in [-0.1, -0.05) is 19.4 Å². The van der Waals surface area contributed by atoms with Crippen LogP contribution in [0.4, 0.5) is 4.79 Å². The van der Waals surface area contributed by atoms with Crippen molar-refractivity contribution in [2.45, 2.75) is 57.2 Å². The first kappa shape index (κ1) is 10.5. The lowest BCUT2D eigenvalue weighted by atomic mass is 10.0. The minimum absolute atomic E-state index is 0.109. The average Bonchev–Trinajstić information content (AvgIpc) is 2.73. The summed E-state index contributed by atoms with van der Waals surface area (Å²) in [7, 11) is 0. The van der Waals surface area contributed by atoms with Crippen molar-refractivity contribution in [3.8, 4) is 0 Å². The zero-order chi connectivity index (χ0) is 10.8. The standard InChI is InChI=1S/C12H19NO2/c1-3-5-9-7-8-10-11(6-4-2)15-12(14)13(9)10/h3,9-11H,1,4-8H2,2H3/t9-,10-,11-/m0/s1. The molecule has 1 amide bonds. The number of hydrogen-bond donors (Lipinski definition) is 0. The Morgan fingerprint density at radius 3 is 3.07 bits per heavy atom. The first-order valence-electron chi connectivity index (χ1n) is 5.87. The summed E-state index contributed by atoms with van der Waals surface area (Å²) in [6.07, 6.45) is 7.08. The molecule has 0 saturated carbocycles. The van der Waals surface area contributed by atoms with E-state index in [0.717, 1.165) is 32.1 Å². The second-order valence-electron chi connectivity index (χ2n) is 4.44. The van der Waals surface area contributed by atoms with E-state index in [0.29, 0.717) is 12.1 Å². The summed E-state index contributed by atoms with van der Waals surface area (Å²) < 4.78 is 5.40. The van der Waals surface area contributed by atoms with Crippen LogP contribution in [0.25, 0.3) is 0 Å². The van der Waals surface area contributed by atoms with Crippen molar-refractivity contribution in [3.63, 3.8) is 0 Å². The normalized spacial score (nSPS) is 34.1. The minimum Gasteiger partial charge on any atom is -0.444 e. The molecular weight excluding hydrogens is 190 g/mol. The van der Waals surface area contributed by atoms with Crippen molar-refractivity contribution in [2.75, 3.05) is 0 Å². The molecule has 0 aromatic rings. The topological polar surface area (TPSA) is 29.5 Å². The molecular formula is C12H19NO2. The van der Waals surface area contributed by atoms with Gasteiger partial charge in [0.2, 0.25) is 0 Å². The van der Waals surface area contributed by atoms with Gasteiger partial charge in [-0.3, -0.25) is 4.90 Å². The van der Waals surface area contributed by atoms with Gasteiger partial charge >= 0.3 is 6.09 Å². The van der Waals surface area contributed by atoms with Crippen LogP contribution >= 0.6 is 0 Å². The van der Waals surface area contributed by atoms with E-state index in [1.165, 1.54) is 0 Å². The van der Waals surface area contributed by atoms with Gasteiger partial charge in [-0.15, -0.1) is 6.58 Å². The molecule has 3 heteroatoms. The molecule has 3 atom stereocenters. The molecule has 0 aromatic heterocycles. The van der Waals surface area contributed by atoms with Gasteiger partial charge in [0.25, 0.3) is 0 Å². The van der Waals surface area contributed by atoms with Crippen molar-refractivity contribution >= 4 is 6.09 Å². The van der Waals surface area contributed by atoms with Crippen molar-refractivity contribution in [1.82, 2.24) is 4.90 Å². The number of rotatable bonds is 4. The highest BCUT2D eigenvalue weighted by atomic mass is 16.6. The lowest BCUT2D eigenvalue weighted by Crippen LogP contribution is -2.36. The zero-order valence-electron chi connectivity index (χ0n) is 9.32. The van der Waals surface area contributed by atoms with Gasteiger partial charge in [-0.25, -0.2) is 4.79 Å². The SMILES string of the molecule is C=CC[C@H]1CC[C@H]2[C@H](CCC)OC(=O)N12. The number of nitrogens with zero attached hydrogens (tertiary/aromatic N) is 1. The summed E-state index contributed by atoms with van der Waals surface area (Å²) in [5.41, 5.74) is 0. The van der Waals surface area contributed by atoms with E-state index in [1.54, 1.807) is 0 Å².